The lowest BCUT2D eigenvalue weighted by Crippen LogP contribution is -2.25. The fourth-order valence-electron chi connectivity index (χ4n) is 1.29. The van der Waals surface area contributed by atoms with E-state index >= 15 is 0 Å². The molecule has 0 saturated carbocycles. The van der Waals surface area contributed by atoms with E-state index in [-0.39, 0.29) is 19.0 Å². The van der Waals surface area contributed by atoms with E-state index in [1.165, 1.54) is 0 Å². The van der Waals surface area contributed by atoms with Crippen molar-refractivity contribution in [2.45, 2.75) is 54.4 Å². The molecule has 0 N–H and O–H groups in total. The normalized spacial score (nSPS) is 12.6. The number of unbranched alkanes of at least 4 members (excludes halogenated alkanes) is 1. The zero-order chi connectivity index (χ0) is 19.7. The van der Waals surface area contributed by atoms with Crippen LogP contribution in [0, 0.1) is 10.8 Å². The van der Waals surface area contributed by atoms with E-state index in [1.807, 2.05) is 0 Å². The first-order chi connectivity index (χ1) is 11.3. The van der Waals surface area contributed by atoms with Gasteiger partial charge in [-0.2, -0.15) is 0 Å². The number of rotatable bonds is 10. The van der Waals surface area contributed by atoms with Gasteiger partial charge < -0.3 is 14.3 Å². The van der Waals surface area contributed by atoms with Crippen molar-refractivity contribution in [1.29, 1.82) is 0 Å². The average molecular weight is 380 g/mol. The largest absolute Gasteiger partial charge is 0.438 e. The standard InChI is InChI=1S/C16H29O8P/c1-15(2,3)13(18)21-11-23-25(20,10-8-7-9-17)24-12-22-14(19)16(4,5)6/h9H,7-8,10-12H2,1-6H3. The first kappa shape index (κ1) is 23.8. The number of ether oxygens (including phenoxy) is 2. The molecule has 0 unspecified atom stereocenters. The maximum Gasteiger partial charge on any atom is 0.336 e. The second-order valence-corrected chi connectivity index (χ2v) is 9.69. The Morgan fingerprint density at radius 1 is 0.880 bits per heavy atom. The first-order valence-corrected chi connectivity index (χ1v) is 9.71. The minimum absolute atomic E-state index is 0.0636. The van der Waals surface area contributed by atoms with Gasteiger partial charge in [-0.05, 0) is 48.0 Å². The summed E-state index contributed by atoms with van der Waals surface area (Å²) in [4.78, 5) is 33.8. The number of carbonyl (C=O) groups is 3. The smallest absolute Gasteiger partial charge is 0.336 e. The molecule has 0 fully saturated rings. The molecule has 146 valence electrons. The summed E-state index contributed by atoms with van der Waals surface area (Å²) < 4.78 is 32.6. The predicted molar refractivity (Wildman–Crippen MR) is 90.8 cm³/mol. The Bertz CT molecular complexity index is 465. The lowest BCUT2D eigenvalue weighted by molar-refractivity contribution is -0.162. The van der Waals surface area contributed by atoms with Crippen LogP contribution in [0.1, 0.15) is 54.4 Å². The Morgan fingerprint density at radius 2 is 1.28 bits per heavy atom. The maximum atomic E-state index is 12.6. The minimum Gasteiger partial charge on any atom is -0.438 e. The highest BCUT2D eigenvalue weighted by molar-refractivity contribution is 7.53. The molecule has 0 amide bonds. The Labute approximate surface area is 149 Å². The van der Waals surface area contributed by atoms with Gasteiger partial charge in [0.05, 0.1) is 17.0 Å². The lowest BCUT2D eigenvalue weighted by atomic mass is 9.98. The van der Waals surface area contributed by atoms with Crippen molar-refractivity contribution in [3.8, 4) is 0 Å². The van der Waals surface area contributed by atoms with Gasteiger partial charge in [0.2, 0.25) is 13.6 Å². The van der Waals surface area contributed by atoms with Gasteiger partial charge in [0.15, 0.2) is 0 Å². The Balaban J connectivity index is 4.61. The second-order valence-electron chi connectivity index (χ2n) is 7.50. The number of hydrogen-bond acceptors (Lipinski definition) is 8. The lowest BCUT2D eigenvalue weighted by Gasteiger charge is -2.21. The van der Waals surface area contributed by atoms with E-state index < -0.39 is 44.0 Å². The number of carbonyl (C=O) groups excluding carboxylic acids is 3. The van der Waals surface area contributed by atoms with E-state index in [1.54, 1.807) is 41.5 Å². The van der Waals surface area contributed by atoms with Crippen molar-refractivity contribution < 1.29 is 37.5 Å². The van der Waals surface area contributed by atoms with Gasteiger partial charge in [-0.1, -0.05) is 0 Å². The van der Waals surface area contributed by atoms with E-state index in [4.69, 9.17) is 18.5 Å². The summed E-state index contributed by atoms with van der Waals surface area (Å²) in [5.74, 6) is -1.04. The molecule has 0 aliphatic carbocycles. The highest BCUT2D eigenvalue weighted by Gasteiger charge is 2.29. The van der Waals surface area contributed by atoms with Crippen LogP contribution in [0.2, 0.25) is 0 Å². The highest BCUT2D eigenvalue weighted by Crippen LogP contribution is 2.49. The van der Waals surface area contributed by atoms with Crippen LogP contribution in [-0.2, 0) is 37.5 Å². The molecule has 0 aliphatic rings. The zero-order valence-corrected chi connectivity index (χ0v) is 16.7. The van der Waals surface area contributed by atoms with Crippen molar-refractivity contribution >= 4 is 25.8 Å². The molecular formula is C16H29O8P. The average Bonchev–Trinajstić information content (AvgIpc) is 2.45. The topological polar surface area (TPSA) is 105 Å². The van der Waals surface area contributed by atoms with Gasteiger partial charge >= 0.3 is 19.5 Å². The van der Waals surface area contributed by atoms with Crippen LogP contribution in [0.15, 0.2) is 0 Å². The molecule has 0 saturated heterocycles. The second kappa shape index (κ2) is 10.0. The van der Waals surface area contributed by atoms with Crippen molar-refractivity contribution in [2.75, 3.05) is 19.7 Å². The SMILES string of the molecule is CC(C)(C)C(=O)OCOP(=O)(CCCC=O)OCOC(=O)C(C)(C)C. The number of hydrogen-bond donors (Lipinski definition) is 0. The fraction of sp³-hybridized carbons (Fsp3) is 0.812. The molecular weight excluding hydrogens is 351 g/mol. The van der Waals surface area contributed by atoms with E-state index in [9.17, 15) is 18.9 Å². The number of aldehydes is 1. The first-order valence-electron chi connectivity index (χ1n) is 7.98. The van der Waals surface area contributed by atoms with Gasteiger partial charge in [0, 0.05) is 6.42 Å². The summed E-state index contributed by atoms with van der Waals surface area (Å²) in [5, 5.41) is 0. The van der Waals surface area contributed by atoms with Crippen molar-refractivity contribution in [1.82, 2.24) is 0 Å². The van der Waals surface area contributed by atoms with Gasteiger partial charge in [-0.3, -0.25) is 23.2 Å². The molecule has 9 heteroatoms. The summed E-state index contributed by atoms with van der Waals surface area (Å²) in [6.45, 7) is 8.90. The summed E-state index contributed by atoms with van der Waals surface area (Å²) >= 11 is 0. The van der Waals surface area contributed by atoms with E-state index in [0.717, 1.165) is 0 Å². The Kier molecular flexibility index (Phi) is 9.54. The molecule has 0 rings (SSSR count). The molecule has 0 aliphatic heterocycles. The van der Waals surface area contributed by atoms with E-state index in [2.05, 4.69) is 0 Å². The fourth-order valence-corrected chi connectivity index (χ4v) is 2.62. The summed E-state index contributed by atoms with van der Waals surface area (Å²) in [5.41, 5.74) is -1.46. The molecule has 25 heavy (non-hydrogen) atoms. The molecule has 0 aromatic carbocycles. The third kappa shape index (κ3) is 10.4. The molecule has 0 spiro atoms. The van der Waals surface area contributed by atoms with Crippen LogP contribution in [0.4, 0.5) is 0 Å². The molecule has 0 atom stereocenters. The summed E-state index contributed by atoms with van der Waals surface area (Å²) in [7, 11) is -3.68. The quantitative estimate of drug-likeness (QED) is 0.187. The van der Waals surface area contributed by atoms with Crippen LogP contribution < -0.4 is 0 Å². The maximum absolute atomic E-state index is 12.6. The molecule has 8 nitrogen and oxygen atoms in total. The molecule has 0 aromatic heterocycles. The third-order valence-electron chi connectivity index (χ3n) is 2.86. The van der Waals surface area contributed by atoms with Crippen LogP contribution in [0.5, 0.6) is 0 Å². The van der Waals surface area contributed by atoms with Gasteiger partial charge in [-0.25, -0.2) is 0 Å². The third-order valence-corrected chi connectivity index (χ3v) is 4.72. The van der Waals surface area contributed by atoms with E-state index in [0.29, 0.717) is 6.29 Å². The monoisotopic (exact) mass is 380 g/mol. The predicted octanol–water partition coefficient (Wildman–Crippen LogP) is 3.29. The van der Waals surface area contributed by atoms with Gasteiger partial charge in [0.1, 0.15) is 6.29 Å². The van der Waals surface area contributed by atoms with Crippen molar-refractivity contribution in [2.24, 2.45) is 10.8 Å². The minimum atomic E-state index is -3.68. The molecule has 0 heterocycles. The molecule has 0 radical (unpaired) electrons. The van der Waals surface area contributed by atoms with Crippen LogP contribution in [0.25, 0.3) is 0 Å². The Morgan fingerprint density at radius 3 is 1.60 bits per heavy atom. The zero-order valence-electron chi connectivity index (χ0n) is 15.8. The van der Waals surface area contributed by atoms with Crippen molar-refractivity contribution in [3.05, 3.63) is 0 Å². The summed E-state index contributed by atoms with van der Waals surface area (Å²) in [6.07, 6.45) is 1.07. The van der Waals surface area contributed by atoms with Crippen LogP contribution >= 0.6 is 7.60 Å². The molecule has 0 aromatic rings. The van der Waals surface area contributed by atoms with Gasteiger partial charge in [0.25, 0.3) is 0 Å². The summed E-state index contributed by atoms with van der Waals surface area (Å²) in [6, 6.07) is 0. The van der Waals surface area contributed by atoms with Gasteiger partial charge in [-0.15, -0.1) is 0 Å². The number of esters is 2. The van der Waals surface area contributed by atoms with Crippen molar-refractivity contribution in [3.63, 3.8) is 0 Å². The molecule has 0 bridgehead atoms. The Hall–Kier alpha value is -1.24. The highest BCUT2D eigenvalue weighted by atomic mass is 31.2. The van der Waals surface area contributed by atoms with Crippen LogP contribution in [0.3, 0.4) is 0 Å². The van der Waals surface area contributed by atoms with Crippen LogP contribution in [-0.4, -0.2) is 38.0 Å².